The molecule has 0 bridgehead atoms. The van der Waals surface area contributed by atoms with Crippen molar-refractivity contribution in [1.82, 2.24) is 15.2 Å². The number of hydrogen-bond donors (Lipinski definition) is 1. The summed E-state index contributed by atoms with van der Waals surface area (Å²) in [4.78, 5) is 18.7. The number of likely N-dealkylation sites (tertiary alicyclic amines) is 1. The van der Waals surface area contributed by atoms with Gasteiger partial charge in [0.1, 0.15) is 6.10 Å². The number of ether oxygens (including phenoxy) is 1. The second-order valence-corrected chi connectivity index (χ2v) is 7.94. The zero-order valence-corrected chi connectivity index (χ0v) is 15.5. The molecule has 138 valence electrons. The first-order chi connectivity index (χ1) is 12.1. The Bertz CT molecular complexity index is 547. The van der Waals surface area contributed by atoms with Gasteiger partial charge in [-0.3, -0.25) is 4.79 Å². The number of pyridine rings is 1. The van der Waals surface area contributed by atoms with Crippen LogP contribution in [0.4, 0.5) is 0 Å². The molecule has 0 atom stereocenters. The van der Waals surface area contributed by atoms with E-state index in [0.717, 1.165) is 37.4 Å². The van der Waals surface area contributed by atoms with E-state index < -0.39 is 0 Å². The van der Waals surface area contributed by atoms with E-state index in [1.54, 1.807) is 6.20 Å². The fourth-order valence-electron chi connectivity index (χ4n) is 3.27. The molecule has 25 heavy (non-hydrogen) atoms. The SMILES string of the molecule is CC(C)CC(=O)NCc1ccc(OC2CCN(CC3CC3)CC2)nc1. The van der Waals surface area contributed by atoms with Crippen molar-refractivity contribution in [2.45, 2.75) is 58.6 Å². The Morgan fingerprint density at radius 1 is 1.28 bits per heavy atom. The van der Waals surface area contributed by atoms with Gasteiger partial charge in [0.2, 0.25) is 11.8 Å². The summed E-state index contributed by atoms with van der Waals surface area (Å²) in [5.74, 6) is 2.13. The summed E-state index contributed by atoms with van der Waals surface area (Å²) in [7, 11) is 0. The van der Waals surface area contributed by atoms with Crippen LogP contribution in [0.3, 0.4) is 0 Å². The van der Waals surface area contributed by atoms with Crippen LogP contribution < -0.4 is 10.1 Å². The average molecular weight is 345 g/mol. The van der Waals surface area contributed by atoms with E-state index in [9.17, 15) is 4.79 Å². The number of hydrogen-bond acceptors (Lipinski definition) is 4. The quantitative estimate of drug-likeness (QED) is 0.787. The number of piperidine rings is 1. The molecule has 5 heteroatoms. The molecule has 3 rings (SSSR count). The molecule has 1 aromatic heterocycles. The van der Waals surface area contributed by atoms with Gasteiger partial charge in [-0.1, -0.05) is 19.9 Å². The molecule has 1 saturated carbocycles. The first kappa shape index (κ1) is 18.2. The van der Waals surface area contributed by atoms with Crippen LogP contribution in [0.1, 0.15) is 51.5 Å². The normalized spacial score (nSPS) is 19.2. The van der Waals surface area contributed by atoms with E-state index in [4.69, 9.17) is 4.74 Å². The summed E-state index contributed by atoms with van der Waals surface area (Å²) < 4.78 is 6.03. The number of carbonyl (C=O) groups is 1. The molecule has 1 N–H and O–H groups in total. The molecule has 5 nitrogen and oxygen atoms in total. The molecule has 0 aromatic carbocycles. The summed E-state index contributed by atoms with van der Waals surface area (Å²) in [6, 6.07) is 3.90. The van der Waals surface area contributed by atoms with Crippen LogP contribution in [0.15, 0.2) is 18.3 Å². The van der Waals surface area contributed by atoms with Gasteiger partial charge in [-0.2, -0.15) is 0 Å². The van der Waals surface area contributed by atoms with Crippen molar-refractivity contribution < 1.29 is 9.53 Å². The van der Waals surface area contributed by atoms with E-state index >= 15 is 0 Å². The molecule has 1 amide bonds. The minimum Gasteiger partial charge on any atom is -0.474 e. The molecule has 1 aromatic rings. The van der Waals surface area contributed by atoms with Gasteiger partial charge >= 0.3 is 0 Å². The van der Waals surface area contributed by atoms with Gasteiger partial charge in [0.05, 0.1) is 0 Å². The smallest absolute Gasteiger partial charge is 0.220 e. The lowest BCUT2D eigenvalue weighted by Crippen LogP contribution is -2.39. The average Bonchev–Trinajstić information content (AvgIpc) is 3.39. The molecule has 0 radical (unpaired) electrons. The second-order valence-electron chi connectivity index (χ2n) is 7.94. The number of rotatable bonds is 8. The Kier molecular flexibility index (Phi) is 6.29. The predicted molar refractivity (Wildman–Crippen MR) is 98.4 cm³/mol. The van der Waals surface area contributed by atoms with Crippen LogP contribution >= 0.6 is 0 Å². The second kappa shape index (κ2) is 8.65. The van der Waals surface area contributed by atoms with Crippen LogP contribution in [0.2, 0.25) is 0 Å². The third-order valence-corrected chi connectivity index (χ3v) is 4.92. The highest BCUT2D eigenvalue weighted by molar-refractivity contribution is 5.76. The van der Waals surface area contributed by atoms with Gasteiger partial charge < -0.3 is 15.0 Å². The fraction of sp³-hybridized carbons (Fsp3) is 0.700. The van der Waals surface area contributed by atoms with Crippen LogP contribution in [0, 0.1) is 11.8 Å². The highest BCUT2D eigenvalue weighted by Gasteiger charge is 2.27. The maximum atomic E-state index is 11.7. The minimum absolute atomic E-state index is 0.0910. The van der Waals surface area contributed by atoms with Gasteiger partial charge in [0.15, 0.2) is 0 Å². The lowest BCUT2D eigenvalue weighted by molar-refractivity contribution is -0.121. The minimum atomic E-state index is 0.0910. The number of nitrogens with one attached hydrogen (secondary N) is 1. The van der Waals surface area contributed by atoms with Crippen LogP contribution in [0.5, 0.6) is 5.88 Å². The lowest BCUT2D eigenvalue weighted by atomic mass is 10.1. The maximum Gasteiger partial charge on any atom is 0.220 e. The zero-order chi connectivity index (χ0) is 17.6. The molecule has 0 spiro atoms. The van der Waals surface area contributed by atoms with E-state index in [-0.39, 0.29) is 12.0 Å². The summed E-state index contributed by atoms with van der Waals surface area (Å²) in [5.41, 5.74) is 1.00. The largest absolute Gasteiger partial charge is 0.474 e. The number of amides is 1. The number of aromatic nitrogens is 1. The van der Waals surface area contributed by atoms with Crippen molar-refractivity contribution in [3.05, 3.63) is 23.9 Å². The van der Waals surface area contributed by atoms with Gasteiger partial charge in [0, 0.05) is 44.9 Å². The van der Waals surface area contributed by atoms with E-state index in [1.807, 2.05) is 26.0 Å². The molecular formula is C20H31N3O2. The monoisotopic (exact) mass is 345 g/mol. The van der Waals surface area contributed by atoms with Crippen molar-refractivity contribution in [2.75, 3.05) is 19.6 Å². The summed E-state index contributed by atoms with van der Waals surface area (Å²) >= 11 is 0. The molecule has 1 aliphatic heterocycles. The predicted octanol–water partition coefficient (Wildman–Crippen LogP) is 3.00. The highest BCUT2D eigenvalue weighted by Crippen LogP contribution is 2.30. The molecule has 1 aliphatic carbocycles. The summed E-state index contributed by atoms with van der Waals surface area (Å²) in [5, 5.41) is 2.93. The van der Waals surface area contributed by atoms with Crippen molar-refractivity contribution in [3.63, 3.8) is 0 Å². The molecule has 0 unspecified atom stereocenters. The summed E-state index contributed by atoms with van der Waals surface area (Å²) in [6.07, 6.45) is 7.65. The van der Waals surface area contributed by atoms with Crippen LogP contribution in [0.25, 0.3) is 0 Å². The standard InChI is InChI=1S/C20H31N3O2/c1-15(2)11-19(24)21-12-17-5-6-20(22-13-17)25-18-7-9-23(10-8-18)14-16-3-4-16/h5-6,13,15-16,18H,3-4,7-12,14H2,1-2H3,(H,21,24). The first-order valence-electron chi connectivity index (χ1n) is 9.69. The Balaban J connectivity index is 1.38. The van der Waals surface area contributed by atoms with Gasteiger partial charge in [-0.05, 0) is 43.1 Å². The van der Waals surface area contributed by atoms with E-state index in [1.165, 1.54) is 19.4 Å². The van der Waals surface area contributed by atoms with Crippen LogP contribution in [-0.2, 0) is 11.3 Å². The highest BCUT2D eigenvalue weighted by atomic mass is 16.5. The molecule has 2 fully saturated rings. The van der Waals surface area contributed by atoms with Crippen molar-refractivity contribution in [1.29, 1.82) is 0 Å². The van der Waals surface area contributed by atoms with E-state index in [0.29, 0.717) is 24.8 Å². The number of nitrogens with zero attached hydrogens (tertiary/aromatic N) is 2. The fourth-order valence-corrected chi connectivity index (χ4v) is 3.27. The van der Waals surface area contributed by atoms with Gasteiger partial charge in [-0.15, -0.1) is 0 Å². The summed E-state index contributed by atoms with van der Waals surface area (Å²) in [6.45, 7) is 8.18. The van der Waals surface area contributed by atoms with Gasteiger partial charge in [-0.25, -0.2) is 4.98 Å². The third kappa shape index (κ3) is 6.31. The van der Waals surface area contributed by atoms with Crippen molar-refractivity contribution in [3.8, 4) is 5.88 Å². The maximum absolute atomic E-state index is 11.7. The Morgan fingerprint density at radius 3 is 2.64 bits per heavy atom. The van der Waals surface area contributed by atoms with Crippen LogP contribution in [-0.4, -0.2) is 41.5 Å². The zero-order valence-electron chi connectivity index (χ0n) is 15.5. The lowest BCUT2D eigenvalue weighted by Gasteiger charge is -2.31. The van der Waals surface area contributed by atoms with Crippen molar-refractivity contribution >= 4 is 5.91 Å². The molecule has 2 aliphatic rings. The topological polar surface area (TPSA) is 54.5 Å². The Hall–Kier alpha value is -1.62. The van der Waals surface area contributed by atoms with E-state index in [2.05, 4.69) is 15.2 Å². The molecular weight excluding hydrogens is 314 g/mol. The molecule has 2 heterocycles. The molecule has 1 saturated heterocycles. The third-order valence-electron chi connectivity index (χ3n) is 4.92. The van der Waals surface area contributed by atoms with Crippen molar-refractivity contribution in [2.24, 2.45) is 11.8 Å². The Labute approximate surface area is 151 Å². The first-order valence-corrected chi connectivity index (χ1v) is 9.69. The van der Waals surface area contributed by atoms with Gasteiger partial charge in [0.25, 0.3) is 0 Å². The number of carbonyl (C=O) groups excluding carboxylic acids is 1. The Morgan fingerprint density at radius 2 is 2.04 bits per heavy atom.